The lowest BCUT2D eigenvalue weighted by Crippen LogP contribution is -2.00. The summed E-state index contributed by atoms with van der Waals surface area (Å²) in [4.78, 5) is 7.58. The average Bonchev–Trinajstić information content (AvgIpc) is 2.88. The quantitative estimate of drug-likeness (QED) is 0.553. The molecule has 4 heteroatoms. The molecule has 1 aromatic heterocycles. The Labute approximate surface area is 111 Å². The number of para-hydroxylation sites is 2. The van der Waals surface area contributed by atoms with Crippen molar-refractivity contribution in [3.63, 3.8) is 0 Å². The summed E-state index contributed by atoms with van der Waals surface area (Å²) >= 11 is 0. The second-order valence-corrected chi connectivity index (χ2v) is 4.28. The molecule has 19 heavy (non-hydrogen) atoms. The zero-order chi connectivity index (χ0) is 13.1. The minimum absolute atomic E-state index is 0.650. The van der Waals surface area contributed by atoms with Crippen LogP contribution in [0.4, 0.5) is 5.95 Å². The van der Waals surface area contributed by atoms with Crippen LogP contribution >= 0.6 is 0 Å². The van der Waals surface area contributed by atoms with Gasteiger partial charge in [0.05, 0.1) is 16.7 Å². The van der Waals surface area contributed by atoms with Crippen molar-refractivity contribution in [2.45, 2.75) is 6.92 Å². The summed E-state index contributed by atoms with van der Waals surface area (Å²) in [6.45, 7) is 1.96. The number of hydrazone groups is 1. The highest BCUT2D eigenvalue weighted by Crippen LogP contribution is 2.13. The molecule has 0 radical (unpaired) electrons. The molecule has 0 saturated heterocycles. The summed E-state index contributed by atoms with van der Waals surface area (Å²) in [5, 5.41) is 4.33. The van der Waals surface area contributed by atoms with Gasteiger partial charge in [-0.3, -0.25) is 0 Å². The van der Waals surface area contributed by atoms with E-state index in [1.54, 1.807) is 0 Å². The number of hydrogen-bond donors (Lipinski definition) is 2. The van der Waals surface area contributed by atoms with Gasteiger partial charge in [-0.05, 0) is 24.6 Å². The number of hydrogen-bond acceptors (Lipinski definition) is 3. The fraction of sp³-hybridized carbons (Fsp3) is 0.0667. The lowest BCUT2D eigenvalue weighted by Gasteiger charge is -2.00. The summed E-state index contributed by atoms with van der Waals surface area (Å²) in [7, 11) is 0. The fourth-order valence-electron chi connectivity index (χ4n) is 1.89. The standard InChI is InChI=1S/C15H14N4/c1-11(12-7-3-2-4-8-12)18-19-15-16-13-9-5-6-10-14(13)17-15/h2-10H,1H3,(H2,16,17,19)/b18-11-. The van der Waals surface area contributed by atoms with E-state index in [1.165, 1.54) is 0 Å². The van der Waals surface area contributed by atoms with Gasteiger partial charge in [-0.2, -0.15) is 5.10 Å². The number of anilines is 1. The Morgan fingerprint density at radius 2 is 1.79 bits per heavy atom. The molecule has 0 spiro atoms. The van der Waals surface area contributed by atoms with Crippen molar-refractivity contribution in [3.05, 3.63) is 60.2 Å². The monoisotopic (exact) mass is 250 g/mol. The van der Waals surface area contributed by atoms with E-state index in [-0.39, 0.29) is 0 Å². The van der Waals surface area contributed by atoms with Crippen LogP contribution in [0, 0.1) is 0 Å². The largest absolute Gasteiger partial charge is 0.323 e. The molecular formula is C15H14N4. The minimum atomic E-state index is 0.650. The number of aromatic nitrogens is 2. The Balaban J connectivity index is 1.82. The molecular weight excluding hydrogens is 236 g/mol. The number of nitrogens with one attached hydrogen (secondary N) is 2. The summed E-state index contributed by atoms with van der Waals surface area (Å²) in [5.74, 6) is 0.650. The molecule has 0 aliphatic heterocycles. The predicted octanol–water partition coefficient (Wildman–Crippen LogP) is 3.40. The summed E-state index contributed by atoms with van der Waals surface area (Å²) in [6.07, 6.45) is 0. The zero-order valence-electron chi connectivity index (χ0n) is 10.6. The van der Waals surface area contributed by atoms with Gasteiger partial charge in [-0.15, -0.1) is 0 Å². The zero-order valence-corrected chi connectivity index (χ0v) is 10.6. The first-order valence-corrected chi connectivity index (χ1v) is 6.13. The van der Waals surface area contributed by atoms with E-state index in [4.69, 9.17) is 0 Å². The normalized spacial score (nSPS) is 11.7. The van der Waals surface area contributed by atoms with Crippen LogP contribution in [0.1, 0.15) is 12.5 Å². The van der Waals surface area contributed by atoms with Gasteiger partial charge in [0.15, 0.2) is 0 Å². The Kier molecular flexibility index (Phi) is 2.98. The van der Waals surface area contributed by atoms with Crippen molar-refractivity contribution < 1.29 is 0 Å². The molecule has 2 N–H and O–H groups in total. The lowest BCUT2D eigenvalue weighted by molar-refractivity contribution is 1.20. The van der Waals surface area contributed by atoms with E-state index < -0.39 is 0 Å². The number of rotatable bonds is 3. The van der Waals surface area contributed by atoms with Gasteiger partial charge < -0.3 is 4.98 Å². The fourth-order valence-corrected chi connectivity index (χ4v) is 1.89. The van der Waals surface area contributed by atoms with Crippen LogP contribution in [0.5, 0.6) is 0 Å². The highest BCUT2D eigenvalue weighted by molar-refractivity contribution is 5.99. The molecule has 0 aliphatic carbocycles. The molecule has 4 nitrogen and oxygen atoms in total. The van der Waals surface area contributed by atoms with Crippen LogP contribution in [-0.4, -0.2) is 15.7 Å². The van der Waals surface area contributed by atoms with Gasteiger partial charge >= 0.3 is 0 Å². The molecule has 3 rings (SSSR count). The SMILES string of the molecule is C/C(=N/Nc1nc2ccccc2[nH]1)c1ccccc1. The van der Waals surface area contributed by atoms with Crippen LogP contribution in [0.3, 0.4) is 0 Å². The van der Waals surface area contributed by atoms with Gasteiger partial charge in [0, 0.05) is 0 Å². The van der Waals surface area contributed by atoms with Gasteiger partial charge in [0.2, 0.25) is 5.95 Å². The van der Waals surface area contributed by atoms with E-state index in [2.05, 4.69) is 20.5 Å². The van der Waals surface area contributed by atoms with Gasteiger partial charge in [0.1, 0.15) is 0 Å². The smallest absolute Gasteiger partial charge is 0.222 e. The van der Waals surface area contributed by atoms with Gasteiger partial charge in [-0.1, -0.05) is 42.5 Å². The molecule has 0 unspecified atom stereocenters. The summed E-state index contributed by atoms with van der Waals surface area (Å²) in [6, 6.07) is 17.9. The minimum Gasteiger partial charge on any atom is -0.323 e. The molecule has 1 heterocycles. The van der Waals surface area contributed by atoms with E-state index in [9.17, 15) is 0 Å². The number of nitrogens with zero attached hydrogens (tertiary/aromatic N) is 2. The van der Waals surface area contributed by atoms with Crippen molar-refractivity contribution in [3.8, 4) is 0 Å². The molecule has 0 amide bonds. The van der Waals surface area contributed by atoms with Crippen LogP contribution in [-0.2, 0) is 0 Å². The molecule has 0 atom stereocenters. The van der Waals surface area contributed by atoms with Crippen molar-refractivity contribution >= 4 is 22.7 Å². The van der Waals surface area contributed by atoms with Crippen molar-refractivity contribution in [1.29, 1.82) is 0 Å². The van der Waals surface area contributed by atoms with Crippen molar-refractivity contribution in [2.24, 2.45) is 5.10 Å². The van der Waals surface area contributed by atoms with Crippen LogP contribution in [0.25, 0.3) is 11.0 Å². The predicted molar refractivity (Wildman–Crippen MR) is 78.4 cm³/mol. The summed E-state index contributed by atoms with van der Waals surface area (Å²) < 4.78 is 0. The van der Waals surface area contributed by atoms with E-state index in [1.807, 2.05) is 61.5 Å². The highest BCUT2D eigenvalue weighted by Gasteiger charge is 2.00. The average molecular weight is 250 g/mol. The third-order valence-electron chi connectivity index (χ3n) is 2.91. The molecule has 0 fully saturated rings. The molecule has 3 aromatic rings. The third-order valence-corrected chi connectivity index (χ3v) is 2.91. The number of fused-ring (bicyclic) bond motifs is 1. The van der Waals surface area contributed by atoms with Gasteiger partial charge in [-0.25, -0.2) is 10.4 Å². The van der Waals surface area contributed by atoms with Crippen molar-refractivity contribution in [2.75, 3.05) is 5.43 Å². The Bertz CT molecular complexity index is 680. The highest BCUT2D eigenvalue weighted by atomic mass is 15.4. The Morgan fingerprint density at radius 3 is 2.58 bits per heavy atom. The first kappa shape index (κ1) is 11.5. The first-order valence-electron chi connectivity index (χ1n) is 6.13. The van der Waals surface area contributed by atoms with Crippen LogP contribution in [0.15, 0.2) is 59.7 Å². The third kappa shape index (κ3) is 2.47. The number of imidazole rings is 1. The summed E-state index contributed by atoms with van der Waals surface area (Å²) in [5.41, 5.74) is 6.89. The Morgan fingerprint density at radius 1 is 1.05 bits per heavy atom. The lowest BCUT2D eigenvalue weighted by atomic mass is 10.1. The molecule has 0 aliphatic rings. The number of aromatic amines is 1. The first-order chi connectivity index (χ1) is 9.33. The molecule has 0 saturated carbocycles. The van der Waals surface area contributed by atoms with Crippen molar-refractivity contribution in [1.82, 2.24) is 9.97 Å². The van der Waals surface area contributed by atoms with E-state index >= 15 is 0 Å². The van der Waals surface area contributed by atoms with Gasteiger partial charge in [0.25, 0.3) is 0 Å². The van der Waals surface area contributed by atoms with E-state index in [0.29, 0.717) is 5.95 Å². The maximum Gasteiger partial charge on any atom is 0.222 e. The Hall–Kier alpha value is -2.62. The van der Waals surface area contributed by atoms with Crippen LogP contribution in [0.2, 0.25) is 0 Å². The maximum atomic E-state index is 4.40. The number of benzene rings is 2. The molecule has 0 bridgehead atoms. The number of H-pyrrole nitrogens is 1. The van der Waals surface area contributed by atoms with E-state index in [0.717, 1.165) is 22.3 Å². The second-order valence-electron chi connectivity index (χ2n) is 4.28. The molecule has 94 valence electrons. The molecule has 2 aromatic carbocycles. The van der Waals surface area contributed by atoms with Crippen LogP contribution < -0.4 is 5.43 Å². The maximum absolute atomic E-state index is 4.40. The topological polar surface area (TPSA) is 53.1 Å². The second kappa shape index (κ2) is 4.94.